The second kappa shape index (κ2) is 19.6. The Bertz CT molecular complexity index is 2320. The number of nitrogens with one attached hydrogen (secondary N) is 2. The maximum Gasteiger partial charge on any atom is 0.413 e. The third-order valence-electron chi connectivity index (χ3n) is 9.99. The normalized spacial score (nSPS) is 19.1. The SMILES string of the molecule is CCCCc1nc2c(NC(=O)OCc3ccc(O[C@H]4O[C@H](CO)[C@@H](O)[C@H](O)[C@@H]4O)c(NC(=O)CCN)c3)nc3cc(C(=O)O)ccc3c2n1Cc1ccc(CN(C)C)cc1. The quantitative estimate of drug-likeness (QED) is 0.0670. The van der Waals surface area contributed by atoms with Crippen LogP contribution in [0.1, 0.15) is 59.1 Å². The summed E-state index contributed by atoms with van der Waals surface area (Å²) in [6, 6.07) is 17.4. The fourth-order valence-corrected chi connectivity index (χ4v) is 6.93. The molecule has 6 rings (SSSR count). The molecule has 0 unspecified atom stereocenters. The first-order chi connectivity index (χ1) is 28.8. The second-order valence-electron chi connectivity index (χ2n) is 14.9. The van der Waals surface area contributed by atoms with E-state index in [2.05, 4.69) is 56.3 Å². The van der Waals surface area contributed by atoms with Gasteiger partial charge in [-0.1, -0.05) is 43.7 Å². The fraction of sp³-hybridized carbons (Fsp3) is 0.405. The lowest BCUT2D eigenvalue weighted by molar-refractivity contribution is -0.277. The Kier molecular flexibility index (Phi) is 14.3. The Labute approximate surface area is 345 Å². The van der Waals surface area contributed by atoms with Gasteiger partial charge in [-0.3, -0.25) is 10.1 Å². The average molecular weight is 830 g/mol. The van der Waals surface area contributed by atoms with Crippen LogP contribution < -0.4 is 21.1 Å². The minimum atomic E-state index is -1.71. The van der Waals surface area contributed by atoms with E-state index in [4.69, 9.17) is 24.9 Å². The molecule has 9 N–H and O–H groups in total. The third kappa shape index (κ3) is 10.2. The molecule has 0 spiro atoms. The summed E-state index contributed by atoms with van der Waals surface area (Å²) in [7, 11) is 4.02. The molecule has 18 nitrogen and oxygen atoms in total. The molecule has 2 amide bonds. The highest BCUT2D eigenvalue weighted by molar-refractivity contribution is 6.10. The first kappa shape index (κ1) is 43.8. The van der Waals surface area contributed by atoms with Crippen LogP contribution in [0.4, 0.5) is 16.3 Å². The molecule has 1 aliphatic rings. The number of carboxylic acid groups (broad SMARTS) is 1. The number of unbranched alkanes of at least 4 members (excludes halogenated alkanes) is 1. The number of anilines is 2. The molecule has 1 aliphatic heterocycles. The van der Waals surface area contributed by atoms with Crippen LogP contribution in [-0.4, -0.2) is 121 Å². The Hall–Kier alpha value is -5.73. The second-order valence-corrected chi connectivity index (χ2v) is 14.9. The highest BCUT2D eigenvalue weighted by Gasteiger charge is 2.45. The summed E-state index contributed by atoms with van der Waals surface area (Å²) in [6.07, 6.45) is -6.28. The number of aliphatic hydroxyl groups is 4. The van der Waals surface area contributed by atoms with Crippen molar-refractivity contribution in [1.29, 1.82) is 0 Å². The number of pyridine rings is 1. The summed E-state index contributed by atoms with van der Waals surface area (Å²) in [4.78, 5) is 49.9. The molecule has 60 heavy (non-hydrogen) atoms. The lowest BCUT2D eigenvalue weighted by Gasteiger charge is -2.39. The van der Waals surface area contributed by atoms with Crippen molar-refractivity contribution >= 4 is 51.4 Å². The number of aromatic nitrogens is 3. The number of carboxylic acids is 1. The number of hydrogen-bond donors (Lipinski definition) is 8. The van der Waals surface area contributed by atoms with Gasteiger partial charge in [-0.15, -0.1) is 0 Å². The number of aliphatic hydroxyl groups excluding tert-OH is 4. The summed E-state index contributed by atoms with van der Waals surface area (Å²) in [5.74, 6) is -0.761. The number of aryl methyl sites for hydroxylation is 1. The molecule has 2 aromatic heterocycles. The zero-order chi connectivity index (χ0) is 43.1. The summed E-state index contributed by atoms with van der Waals surface area (Å²) in [6.45, 7) is 2.42. The largest absolute Gasteiger partial charge is 0.478 e. The highest BCUT2D eigenvalue weighted by Crippen LogP contribution is 2.34. The number of rotatable bonds is 17. The topological polar surface area (TPSA) is 264 Å². The van der Waals surface area contributed by atoms with Gasteiger partial charge in [0.2, 0.25) is 12.2 Å². The van der Waals surface area contributed by atoms with Crippen molar-refractivity contribution in [2.24, 2.45) is 5.73 Å². The monoisotopic (exact) mass is 829 g/mol. The van der Waals surface area contributed by atoms with Crippen LogP contribution in [0.25, 0.3) is 21.9 Å². The minimum Gasteiger partial charge on any atom is -0.478 e. The van der Waals surface area contributed by atoms with Crippen LogP contribution in [0.5, 0.6) is 5.75 Å². The van der Waals surface area contributed by atoms with E-state index in [1.165, 1.54) is 30.3 Å². The number of amides is 2. The van der Waals surface area contributed by atoms with Gasteiger partial charge < -0.3 is 60.3 Å². The molecule has 320 valence electrons. The van der Waals surface area contributed by atoms with Gasteiger partial charge >= 0.3 is 12.1 Å². The van der Waals surface area contributed by atoms with Gasteiger partial charge in [0.1, 0.15) is 48.1 Å². The number of nitrogens with zero attached hydrogens (tertiary/aromatic N) is 4. The average Bonchev–Trinajstić information content (AvgIpc) is 3.58. The lowest BCUT2D eigenvalue weighted by atomic mass is 9.99. The van der Waals surface area contributed by atoms with Crippen LogP contribution >= 0.6 is 0 Å². The van der Waals surface area contributed by atoms with Crippen molar-refractivity contribution in [1.82, 2.24) is 19.4 Å². The molecule has 18 heteroatoms. The summed E-state index contributed by atoms with van der Waals surface area (Å²) in [5.41, 5.74) is 9.67. The van der Waals surface area contributed by atoms with E-state index in [1.807, 2.05) is 14.1 Å². The van der Waals surface area contributed by atoms with Crippen molar-refractivity contribution in [3.05, 3.63) is 88.7 Å². The number of benzene rings is 3. The number of imidazole rings is 1. The van der Waals surface area contributed by atoms with Gasteiger partial charge in [-0.25, -0.2) is 19.6 Å². The van der Waals surface area contributed by atoms with E-state index in [9.17, 15) is 39.9 Å². The number of carbonyl (C=O) groups is 3. The van der Waals surface area contributed by atoms with Gasteiger partial charge in [0, 0.05) is 37.9 Å². The Balaban J connectivity index is 1.29. The maximum atomic E-state index is 13.5. The van der Waals surface area contributed by atoms with Crippen molar-refractivity contribution in [3.8, 4) is 5.75 Å². The summed E-state index contributed by atoms with van der Waals surface area (Å²) >= 11 is 0. The fourth-order valence-electron chi connectivity index (χ4n) is 6.93. The van der Waals surface area contributed by atoms with Gasteiger partial charge in [-0.2, -0.15) is 0 Å². The predicted octanol–water partition coefficient (Wildman–Crippen LogP) is 2.95. The van der Waals surface area contributed by atoms with E-state index in [-0.39, 0.29) is 42.4 Å². The predicted molar refractivity (Wildman–Crippen MR) is 220 cm³/mol. The molecule has 0 bridgehead atoms. The van der Waals surface area contributed by atoms with Gasteiger partial charge in [0.25, 0.3) is 0 Å². The number of carbonyl (C=O) groups excluding carboxylic acids is 2. The molecular weight excluding hydrogens is 778 g/mol. The molecule has 1 saturated heterocycles. The molecular formula is C42H51N7O11. The van der Waals surface area contributed by atoms with Crippen molar-refractivity contribution in [2.45, 2.75) is 83.0 Å². The molecule has 0 radical (unpaired) electrons. The van der Waals surface area contributed by atoms with Crippen LogP contribution in [0, 0.1) is 0 Å². The molecule has 0 saturated carbocycles. The maximum absolute atomic E-state index is 13.5. The van der Waals surface area contributed by atoms with Crippen LogP contribution in [-0.2, 0) is 40.4 Å². The highest BCUT2D eigenvalue weighted by atomic mass is 16.7. The first-order valence-corrected chi connectivity index (χ1v) is 19.6. The minimum absolute atomic E-state index is 0.000332. The molecule has 5 aromatic rings. The molecule has 3 aromatic carbocycles. The number of aromatic carboxylic acids is 1. The molecule has 3 heterocycles. The Morgan fingerprint density at radius 2 is 1.67 bits per heavy atom. The van der Waals surface area contributed by atoms with Crippen molar-refractivity contribution in [2.75, 3.05) is 37.9 Å². The molecule has 1 fully saturated rings. The summed E-state index contributed by atoms with van der Waals surface area (Å²) < 4.78 is 19.0. The molecule has 0 aliphatic carbocycles. The van der Waals surface area contributed by atoms with E-state index in [0.29, 0.717) is 40.5 Å². The Morgan fingerprint density at radius 3 is 2.35 bits per heavy atom. The number of ether oxygens (including phenoxy) is 3. The molecule has 5 atom stereocenters. The van der Waals surface area contributed by atoms with Gasteiger partial charge in [-0.05, 0) is 67.5 Å². The zero-order valence-corrected chi connectivity index (χ0v) is 33.6. The van der Waals surface area contributed by atoms with Gasteiger partial charge in [0.05, 0.1) is 28.9 Å². The van der Waals surface area contributed by atoms with Crippen LogP contribution in [0.3, 0.4) is 0 Å². The van der Waals surface area contributed by atoms with Crippen LogP contribution in [0.15, 0.2) is 60.7 Å². The van der Waals surface area contributed by atoms with Crippen molar-refractivity contribution in [3.63, 3.8) is 0 Å². The van der Waals surface area contributed by atoms with E-state index in [0.717, 1.165) is 36.3 Å². The van der Waals surface area contributed by atoms with E-state index >= 15 is 0 Å². The van der Waals surface area contributed by atoms with Gasteiger partial charge in [0.15, 0.2) is 5.82 Å². The Morgan fingerprint density at radius 1 is 0.933 bits per heavy atom. The number of nitrogens with two attached hydrogens (primary N) is 1. The standard InChI is InChI=1S/C42H51N7O11/c1-4-5-6-32-46-34-35(49(32)20-24-9-7-23(8-10-24)19-48(2)3)27-13-12-26(40(55)56)18-28(27)45-39(34)47-42(57)58-22-25-11-14-30(29(17-25)44-33(51)15-16-43)59-41-38(54)37(53)36(52)31(21-50)60-41/h7-14,17-18,31,36-38,41,50,52-54H,4-6,15-16,19-22,43H2,1-3H3,(H,44,51)(H,55,56)(H,45,47,57)/t31-,36-,37+,38+,41+/m1/s1. The number of fused-ring (bicyclic) bond motifs is 3. The van der Waals surface area contributed by atoms with Crippen molar-refractivity contribution < 1.29 is 54.1 Å². The third-order valence-corrected chi connectivity index (χ3v) is 9.99. The van der Waals surface area contributed by atoms with Crippen LogP contribution in [0.2, 0.25) is 0 Å². The smallest absolute Gasteiger partial charge is 0.413 e. The first-order valence-electron chi connectivity index (χ1n) is 19.6. The lowest BCUT2D eigenvalue weighted by Crippen LogP contribution is -2.60. The summed E-state index contributed by atoms with van der Waals surface area (Å²) in [5, 5.41) is 56.4. The zero-order valence-electron chi connectivity index (χ0n) is 33.6. The number of hydrogen-bond acceptors (Lipinski definition) is 14. The van der Waals surface area contributed by atoms with E-state index in [1.54, 1.807) is 6.07 Å². The van der Waals surface area contributed by atoms with E-state index < -0.39 is 55.3 Å².